The van der Waals surface area contributed by atoms with E-state index in [9.17, 15) is 19.8 Å². The Bertz CT molecular complexity index is 711. The van der Waals surface area contributed by atoms with Crippen LogP contribution in [-0.4, -0.2) is 76.0 Å². The molecule has 3 N–H and O–H groups in total. The third-order valence-corrected chi connectivity index (χ3v) is 7.21. The molecule has 7 nitrogen and oxygen atoms in total. The zero-order chi connectivity index (χ0) is 19.6. The van der Waals surface area contributed by atoms with Gasteiger partial charge in [-0.1, -0.05) is 0 Å². The number of rotatable bonds is 4. The fraction of sp³-hybridized carbons (Fsp3) is 0.800. The molecule has 0 amide bonds. The van der Waals surface area contributed by atoms with Gasteiger partial charge >= 0.3 is 5.97 Å². The average Bonchev–Trinajstić information content (AvgIpc) is 3.47. The molecule has 8 atom stereocenters. The van der Waals surface area contributed by atoms with Crippen molar-refractivity contribution in [2.45, 2.75) is 81.1 Å². The summed E-state index contributed by atoms with van der Waals surface area (Å²) in [7, 11) is 0. The van der Waals surface area contributed by atoms with Crippen LogP contribution < -0.4 is 5.32 Å². The predicted molar refractivity (Wildman–Crippen MR) is 96.2 cm³/mol. The number of ketones is 1. The molecule has 0 spiro atoms. The lowest BCUT2D eigenvalue weighted by Crippen LogP contribution is -2.73. The molecule has 3 saturated carbocycles. The molecule has 0 bridgehead atoms. The van der Waals surface area contributed by atoms with Crippen LogP contribution in [0, 0.1) is 11.8 Å². The van der Waals surface area contributed by atoms with E-state index in [4.69, 9.17) is 4.74 Å². The maximum absolute atomic E-state index is 15.2. The zero-order valence-corrected chi connectivity index (χ0v) is 15.7. The average molecular weight is 394 g/mol. The van der Waals surface area contributed by atoms with Crippen LogP contribution >= 0.6 is 0 Å². The lowest BCUT2D eigenvalue weighted by Gasteiger charge is -2.59. The van der Waals surface area contributed by atoms with Gasteiger partial charge in [-0.25, -0.2) is 9.18 Å². The molecule has 3 aliphatic carbocycles. The van der Waals surface area contributed by atoms with E-state index in [1.165, 1.54) is 6.20 Å². The predicted octanol–water partition coefficient (Wildman–Crippen LogP) is 0.615. The number of hydrogen-bond acceptors (Lipinski definition) is 6. The first-order valence-corrected chi connectivity index (χ1v) is 10.4. The first-order chi connectivity index (χ1) is 13.4. The summed E-state index contributed by atoms with van der Waals surface area (Å²) >= 11 is 0. The van der Waals surface area contributed by atoms with Crippen molar-refractivity contribution in [1.82, 2.24) is 10.2 Å². The van der Waals surface area contributed by atoms with Crippen molar-refractivity contribution in [3.8, 4) is 0 Å². The number of carboxylic acid groups (broad SMARTS) is 1. The number of carbonyl (C=O) groups is 2. The summed E-state index contributed by atoms with van der Waals surface area (Å²) in [6, 6.07) is -0.956. The highest BCUT2D eigenvalue weighted by atomic mass is 19.1. The normalized spacial score (nSPS) is 45.1. The first kappa shape index (κ1) is 18.5. The maximum Gasteiger partial charge on any atom is 0.340 e. The fourth-order valence-corrected chi connectivity index (χ4v) is 5.61. The van der Waals surface area contributed by atoms with E-state index in [0.717, 1.165) is 19.4 Å². The molecule has 2 heterocycles. The Morgan fingerprint density at radius 3 is 2.79 bits per heavy atom. The number of aliphatic hydroxyl groups excluding tert-OH is 1. The SMILES string of the molecule is O=C(O)C1=CN2C3CCC(O)CC3OC3C(NCC4CC4)C(F)CC(C1=O)C32. The van der Waals surface area contributed by atoms with Crippen molar-refractivity contribution in [3.63, 3.8) is 0 Å². The Kier molecular flexibility index (Phi) is 4.48. The molecule has 8 heteroatoms. The largest absolute Gasteiger partial charge is 0.478 e. The van der Waals surface area contributed by atoms with E-state index in [2.05, 4.69) is 5.32 Å². The number of morpholine rings is 1. The van der Waals surface area contributed by atoms with Gasteiger partial charge in [-0.2, -0.15) is 0 Å². The monoisotopic (exact) mass is 394 g/mol. The fourth-order valence-electron chi connectivity index (χ4n) is 5.61. The summed E-state index contributed by atoms with van der Waals surface area (Å²) in [4.78, 5) is 26.4. The molecule has 5 rings (SSSR count). The van der Waals surface area contributed by atoms with Gasteiger partial charge in [0.2, 0.25) is 0 Å². The van der Waals surface area contributed by atoms with Crippen molar-refractivity contribution in [2.75, 3.05) is 6.54 Å². The highest BCUT2D eigenvalue weighted by molar-refractivity contribution is 6.18. The number of fused-ring (bicyclic) bond motifs is 2. The number of nitrogens with one attached hydrogen (secondary N) is 1. The van der Waals surface area contributed by atoms with Crippen molar-refractivity contribution < 1.29 is 28.9 Å². The minimum absolute atomic E-state index is 0.0207. The minimum Gasteiger partial charge on any atom is -0.478 e. The molecule has 1 saturated heterocycles. The van der Waals surface area contributed by atoms with E-state index in [1.807, 2.05) is 4.90 Å². The van der Waals surface area contributed by atoms with Crippen molar-refractivity contribution in [3.05, 3.63) is 11.8 Å². The number of nitrogens with zero attached hydrogens (tertiary/aromatic N) is 1. The highest BCUT2D eigenvalue weighted by Gasteiger charge is 2.58. The van der Waals surface area contributed by atoms with Crippen LogP contribution in [0.4, 0.5) is 4.39 Å². The molecule has 4 fully saturated rings. The second-order valence-electron chi connectivity index (χ2n) is 9.06. The molecule has 0 aromatic carbocycles. The van der Waals surface area contributed by atoms with Gasteiger partial charge in [-0.3, -0.25) is 4.79 Å². The molecule has 0 aromatic heterocycles. The number of carboxylic acids is 1. The topological polar surface area (TPSA) is 99.1 Å². The molecular formula is C20H27FN2O5. The Balaban J connectivity index is 1.51. The van der Waals surface area contributed by atoms with Gasteiger partial charge in [-0.05, 0) is 44.6 Å². The van der Waals surface area contributed by atoms with Crippen LogP contribution in [0.3, 0.4) is 0 Å². The van der Waals surface area contributed by atoms with Crippen LogP contribution in [0.5, 0.6) is 0 Å². The van der Waals surface area contributed by atoms with Gasteiger partial charge in [0.1, 0.15) is 11.7 Å². The molecule has 2 aliphatic heterocycles. The van der Waals surface area contributed by atoms with Crippen LogP contribution in [0.25, 0.3) is 0 Å². The van der Waals surface area contributed by atoms with Crippen LogP contribution in [0.15, 0.2) is 11.8 Å². The molecule has 8 unspecified atom stereocenters. The Hall–Kier alpha value is -1.51. The molecule has 0 radical (unpaired) electrons. The summed E-state index contributed by atoms with van der Waals surface area (Å²) in [5, 5.41) is 23.0. The minimum atomic E-state index is -1.27. The van der Waals surface area contributed by atoms with Gasteiger partial charge in [0, 0.05) is 18.5 Å². The van der Waals surface area contributed by atoms with Gasteiger partial charge in [0.15, 0.2) is 5.78 Å². The zero-order valence-electron chi connectivity index (χ0n) is 15.7. The van der Waals surface area contributed by atoms with Crippen LogP contribution in [0.1, 0.15) is 38.5 Å². The van der Waals surface area contributed by atoms with Crippen molar-refractivity contribution in [1.29, 1.82) is 0 Å². The summed E-state index contributed by atoms with van der Waals surface area (Å²) in [6.45, 7) is 0.739. The quantitative estimate of drug-likeness (QED) is 0.601. The Morgan fingerprint density at radius 1 is 1.29 bits per heavy atom. The Morgan fingerprint density at radius 2 is 2.07 bits per heavy atom. The van der Waals surface area contributed by atoms with E-state index in [1.54, 1.807) is 0 Å². The highest BCUT2D eigenvalue weighted by Crippen LogP contribution is 2.45. The molecule has 28 heavy (non-hydrogen) atoms. The number of halogens is 1. The smallest absolute Gasteiger partial charge is 0.340 e. The van der Waals surface area contributed by atoms with Gasteiger partial charge in [-0.15, -0.1) is 0 Å². The second kappa shape index (κ2) is 6.78. The number of Topliss-reactive ketones (excluding diaryl/α,β-unsaturated/α-hetero) is 1. The number of hydrogen-bond donors (Lipinski definition) is 3. The van der Waals surface area contributed by atoms with Gasteiger partial charge in [0.05, 0.1) is 36.4 Å². The standard InChI is InChI=1S/C20H27FN2O5/c21-13-6-11-17-19(16(13)22-7-9-1-2-9)28-15-5-10(24)3-4-14(15)23(17)8-12(18(11)25)20(26)27/h8-11,13-17,19,22,24H,1-7H2,(H,26,27). The van der Waals surface area contributed by atoms with Crippen LogP contribution in [0.2, 0.25) is 0 Å². The molecular weight excluding hydrogens is 367 g/mol. The summed E-state index contributed by atoms with van der Waals surface area (Å²) in [5.41, 5.74) is -0.261. The number of ether oxygens (including phenoxy) is 1. The van der Waals surface area contributed by atoms with Crippen molar-refractivity contribution >= 4 is 11.8 Å². The van der Waals surface area contributed by atoms with E-state index in [-0.39, 0.29) is 30.2 Å². The molecule has 0 aromatic rings. The third-order valence-electron chi connectivity index (χ3n) is 7.21. The molecule has 154 valence electrons. The number of aliphatic hydroxyl groups is 1. The third kappa shape index (κ3) is 2.97. The van der Waals surface area contributed by atoms with Crippen molar-refractivity contribution in [2.24, 2.45) is 11.8 Å². The molecule has 5 aliphatic rings. The number of aliphatic carboxylic acids is 1. The van der Waals surface area contributed by atoms with Gasteiger partial charge < -0.3 is 25.2 Å². The summed E-state index contributed by atoms with van der Waals surface area (Å²) in [6.07, 6.45) is 2.96. The second-order valence-corrected chi connectivity index (χ2v) is 9.06. The lowest BCUT2D eigenvalue weighted by molar-refractivity contribution is -0.205. The number of alkyl halides is 1. The van der Waals surface area contributed by atoms with Gasteiger partial charge in [0.25, 0.3) is 0 Å². The summed E-state index contributed by atoms with van der Waals surface area (Å²) in [5.74, 6) is -1.87. The first-order valence-electron chi connectivity index (χ1n) is 10.4. The number of carbonyl (C=O) groups excluding carboxylic acids is 1. The maximum atomic E-state index is 15.2. The van der Waals surface area contributed by atoms with E-state index >= 15 is 4.39 Å². The van der Waals surface area contributed by atoms with E-state index < -0.39 is 42.1 Å². The van der Waals surface area contributed by atoms with E-state index in [0.29, 0.717) is 25.2 Å². The Labute approximate surface area is 162 Å². The van der Waals surface area contributed by atoms with Crippen LogP contribution in [-0.2, 0) is 14.3 Å². The lowest BCUT2D eigenvalue weighted by atomic mass is 9.69. The summed E-state index contributed by atoms with van der Waals surface area (Å²) < 4.78 is 21.5.